The van der Waals surface area contributed by atoms with E-state index in [4.69, 9.17) is 4.74 Å². The number of esters is 1. The molecule has 0 saturated carbocycles. The minimum absolute atomic E-state index is 0.0727. The molecule has 2 aromatic rings. The van der Waals surface area contributed by atoms with Crippen LogP contribution in [0.3, 0.4) is 0 Å². The molecule has 0 radical (unpaired) electrons. The molecule has 0 unspecified atom stereocenters. The van der Waals surface area contributed by atoms with E-state index < -0.39 is 5.97 Å². The largest absolute Gasteiger partial charge is 0.464 e. The van der Waals surface area contributed by atoms with Gasteiger partial charge >= 0.3 is 5.97 Å². The minimum Gasteiger partial charge on any atom is -0.464 e. The summed E-state index contributed by atoms with van der Waals surface area (Å²) in [7, 11) is 1.36. The maximum Gasteiger partial charge on any atom is 0.354 e. The number of amides is 1. The fraction of sp³-hybridized carbons (Fsp3) is 0.467. The second-order valence-electron chi connectivity index (χ2n) is 5.22. The average Bonchev–Trinajstić information content (AvgIpc) is 3.10. The van der Waals surface area contributed by atoms with Gasteiger partial charge in [-0.2, -0.15) is 0 Å². The summed E-state index contributed by atoms with van der Waals surface area (Å²) in [5.74, 6) is -0.326. The summed E-state index contributed by atoms with van der Waals surface area (Å²) in [5.41, 5.74) is 1.37. The Bertz CT molecular complexity index is 668. The van der Waals surface area contributed by atoms with Gasteiger partial charge in [-0.15, -0.1) is 11.3 Å². The maximum absolute atomic E-state index is 12.5. The molecule has 21 heavy (non-hydrogen) atoms. The molecule has 112 valence electrons. The van der Waals surface area contributed by atoms with Crippen molar-refractivity contribution in [3.05, 3.63) is 23.2 Å². The van der Waals surface area contributed by atoms with Crippen molar-refractivity contribution in [1.29, 1.82) is 0 Å². The molecule has 3 rings (SSSR count). The van der Waals surface area contributed by atoms with Crippen molar-refractivity contribution in [2.24, 2.45) is 0 Å². The van der Waals surface area contributed by atoms with Crippen molar-refractivity contribution in [3.8, 4) is 0 Å². The first-order valence-electron chi connectivity index (χ1n) is 7.13. The highest BCUT2D eigenvalue weighted by Gasteiger charge is 2.22. The first kappa shape index (κ1) is 14.1. The van der Waals surface area contributed by atoms with Crippen LogP contribution in [0.4, 0.5) is 0 Å². The lowest BCUT2D eigenvalue weighted by Crippen LogP contribution is -2.38. The monoisotopic (exact) mass is 306 g/mol. The highest BCUT2D eigenvalue weighted by atomic mass is 32.1. The minimum atomic E-state index is -0.398. The van der Waals surface area contributed by atoms with Crippen molar-refractivity contribution in [1.82, 2.24) is 9.47 Å². The van der Waals surface area contributed by atoms with Gasteiger partial charge in [-0.05, 0) is 36.8 Å². The molecule has 1 amide bonds. The standard InChI is InChI=1S/C15H18N2O3S/c1-20-15(19)12-9-13-11(5-8-21-13)17(12)10-14(18)16-6-3-2-4-7-16/h5,8-9H,2-4,6-7,10H2,1H3. The number of nitrogens with zero attached hydrogens (tertiary/aromatic N) is 2. The van der Waals surface area contributed by atoms with Gasteiger partial charge in [0.25, 0.3) is 0 Å². The van der Waals surface area contributed by atoms with Gasteiger partial charge in [0, 0.05) is 13.1 Å². The van der Waals surface area contributed by atoms with Gasteiger partial charge in [-0.1, -0.05) is 0 Å². The summed E-state index contributed by atoms with van der Waals surface area (Å²) < 4.78 is 7.60. The number of hydrogen-bond donors (Lipinski definition) is 0. The first-order chi connectivity index (χ1) is 10.2. The highest BCUT2D eigenvalue weighted by molar-refractivity contribution is 7.17. The van der Waals surface area contributed by atoms with E-state index in [1.165, 1.54) is 13.5 Å². The third-order valence-corrected chi connectivity index (χ3v) is 4.77. The number of carbonyl (C=O) groups excluding carboxylic acids is 2. The van der Waals surface area contributed by atoms with E-state index in [-0.39, 0.29) is 12.5 Å². The quantitative estimate of drug-likeness (QED) is 0.819. The Kier molecular flexibility index (Phi) is 3.96. The van der Waals surface area contributed by atoms with Crippen LogP contribution in [0, 0.1) is 0 Å². The van der Waals surface area contributed by atoms with E-state index in [0.29, 0.717) is 5.69 Å². The maximum atomic E-state index is 12.5. The van der Waals surface area contributed by atoms with Crippen LogP contribution in [0.1, 0.15) is 29.8 Å². The lowest BCUT2D eigenvalue weighted by molar-refractivity contribution is -0.132. The summed E-state index contributed by atoms with van der Waals surface area (Å²) >= 11 is 1.56. The summed E-state index contributed by atoms with van der Waals surface area (Å²) in [4.78, 5) is 26.2. The molecule has 0 aliphatic carbocycles. The van der Waals surface area contributed by atoms with Gasteiger partial charge in [-0.3, -0.25) is 4.79 Å². The summed E-state index contributed by atoms with van der Waals surface area (Å²) in [6, 6.07) is 3.74. The van der Waals surface area contributed by atoms with Crippen LogP contribution in [0.5, 0.6) is 0 Å². The van der Waals surface area contributed by atoms with E-state index in [2.05, 4.69) is 0 Å². The first-order valence-corrected chi connectivity index (χ1v) is 8.01. The van der Waals surface area contributed by atoms with Crippen molar-refractivity contribution in [3.63, 3.8) is 0 Å². The molecule has 2 aromatic heterocycles. The molecule has 0 aromatic carbocycles. The van der Waals surface area contributed by atoms with E-state index >= 15 is 0 Å². The molecule has 5 nitrogen and oxygen atoms in total. The molecule has 3 heterocycles. The number of ether oxygens (including phenoxy) is 1. The topological polar surface area (TPSA) is 51.5 Å². The van der Waals surface area contributed by atoms with Crippen LogP contribution in [0.15, 0.2) is 17.5 Å². The molecule has 1 fully saturated rings. The fourth-order valence-corrected chi connectivity index (χ4v) is 3.62. The van der Waals surface area contributed by atoms with Gasteiger partial charge in [-0.25, -0.2) is 4.79 Å². The van der Waals surface area contributed by atoms with E-state index in [0.717, 1.165) is 36.1 Å². The Morgan fingerprint density at radius 3 is 2.76 bits per heavy atom. The Balaban J connectivity index is 1.89. The van der Waals surface area contributed by atoms with Gasteiger partial charge in [0.15, 0.2) is 0 Å². The number of rotatable bonds is 3. The third-order valence-electron chi connectivity index (χ3n) is 3.92. The lowest BCUT2D eigenvalue weighted by Gasteiger charge is -2.27. The van der Waals surface area contributed by atoms with Gasteiger partial charge in [0.1, 0.15) is 12.2 Å². The van der Waals surface area contributed by atoms with Crippen LogP contribution in [0.25, 0.3) is 10.2 Å². The van der Waals surface area contributed by atoms with Crippen molar-refractivity contribution >= 4 is 33.4 Å². The van der Waals surface area contributed by atoms with Crippen LogP contribution < -0.4 is 0 Å². The summed E-state index contributed by atoms with van der Waals surface area (Å²) in [5, 5.41) is 1.97. The smallest absolute Gasteiger partial charge is 0.354 e. The highest BCUT2D eigenvalue weighted by Crippen LogP contribution is 2.26. The zero-order chi connectivity index (χ0) is 14.8. The molecule has 0 bridgehead atoms. The number of thiophene rings is 1. The van der Waals surface area contributed by atoms with Crippen molar-refractivity contribution < 1.29 is 14.3 Å². The SMILES string of the molecule is COC(=O)c1cc2sccc2n1CC(=O)N1CCCCC1. The molecule has 0 spiro atoms. The molecule has 6 heteroatoms. The number of carbonyl (C=O) groups is 2. The molecule has 1 saturated heterocycles. The number of piperidine rings is 1. The molecule has 1 aliphatic heterocycles. The van der Waals surface area contributed by atoms with Crippen LogP contribution in [-0.2, 0) is 16.1 Å². The molecule has 0 N–H and O–H groups in total. The van der Waals surface area contributed by atoms with Crippen LogP contribution in [-0.4, -0.2) is 41.5 Å². The van der Waals surface area contributed by atoms with Crippen molar-refractivity contribution in [2.75, 3.05) is 20.2 Å². The van der Waals surface area contributed by atoms with Crippen LogP contribution in [0.2, 0.25) is 0 Å². The zero-order valence-electron chi connectivity index (χ0n) is 12.0. The number of hydrogen-bond acceptors (Lipinski definition) is 4. The normalized spacial score (nSPS) is 15.4. The third kappa shape index (κ3) is 2.68. The molecule has 1 aliphatic rings. The number of aromatic nitrogens is 1. The van der Waals surface area contributed by atoms with E-state index in [1.54, 1.807) is 22.0 Å². The Labute approximate surface area is 127 Å². The van der Waals surface area contributed by atoms with Gasteiger partial charge in [0.05, 0.1) is 17.3 Å². The number of likely N-dealkylation sites (tertiary alicyclic amines) is 1. The van der Waals surface area contributed by atoms with Crippen LogP contribution >= 0.6 is 11.3 Å². The Morgan fingerprint density at radius 2 is 2.05 bits per heavy atom. The molecular weight excluding hydrogens is 288 g/mol. The average molecular weight is 306 g/mol. The lowest BCUT2D eigenvalue weighted by atomic mass is 10.1. The second kappa shape index (κ2) is 5.89. The van der Waals surface area contributed by atoms with E-state index in [9.17, 15) is 9.59 Å². The predicted octanol–water partition coefficient (Wildman–Crippen LogP) is 2.50. The predicted molar refractivity (Wildman–Crippen MR) is 81.6 cm³/mol. The Hall–Kier alpha value is -1.82. The Morgan fingerprint density at radius 1 is 1.29 bits per heavy atom. The molecular formula is C15H18N2O3S. The zero-order valence-corrected chi connectivity index (χ0v) is 12.8. The van der Waals surface area contributed by atoms with Gasteiger partial charge in [0.2, 0.25) is 5.91 Å². The number of methoxy groups -OCH3 is 1. The van der Waals surface area contributed by atoms with E-state index in [1.807, 2.05) is 16.3 Å². The fourth-order valence-electron chi connectivity index (χ4n) is 2.80. The molecule has 0 atom stereocenters. The summed E-state index contributed by atoms with van der Waals surface area (Å²) in [6.45, 7) is 1.84. The van der Waals surface area contributed by atoms with Crippen molar-refractivity contribution in [2.45, 2.75) is 25.8 Å². The second-order valence-corrected chi connectivity index (χ2v) is 6.17. The van der Waals surface area contributed by atoms with Gasteiger partial charge < -0.3 is 14.2 Å². The number of fused-ring (bicyclic) bond motifs is 1. The summed E-state index contributed by atoms with van der Waals surface area (Å²) in [6.07, 6.45) is 3.32.